The summed E-state index contributed by atoms with van der Waals surface area (Å²) in [5.74, 6) is 0.290. The average Bonchev–Trinajstić information content (AvgIpc) is 3.10. The molecular weight excluding hydrogens is 304 g/mol. The van der Waals surface area contributed by atoms with Gasteiger partial charge < -0.3 is 9.80 Å². The van der Waals surface area contributed by atoms with Crippen molar-refractivity contribution >= 4 is 11.6 Å². The van der Waals surface area contributed by atoms with Gasteiger partial charge >= 0.3 is 0 Å². The number of piperidine rings is 1. The lowest BCUT2D eigenvalue weighted by Gasteiger charge is -2.34. The van der Waals surface area contributed by atoms with Gasteiger partial charge in [-0.3, -0.25) is 9.78 Å². The summed E-state index contributed by atoms with van der Waals surface area (Å²) in [5.41, 5.74) is 2.39. The quantitative estimate of drug-likeness (QED) is 0.854. The number of amides is 1. The largest absolute Gasteiger partial charge is 0.368 e. The van der Waals surface area contributed by atoms with Crippen molar-refractivity contribution in [3.05, 3.63) is 36.4 Å². The Morgan fingerprint density at radius 3 is 2.67 bits per heavy atom. The van der Waals surface area contributed by atoms with E-state index in [0.29, 0.717) is 5.56 Å². The molecule has 1 aliphatic heterocycles. The van der Waals surface area contributed by atoms with Gasteiger partial charge in [0.25, 0.3) is 0 Å². The van der Waals surface area contributed by atoms with E-state index in [-0.39, 0.29) is 11.8 Å². The van der Waals surface area contributed by atoms with Crippen LogP contribution < -0.4 is 4.90 Å². The maximum absolute atomic E-state index is 12.1. The minimum atomic E-state index is 0.0891. The van der Waals surface area contributed by atoms with Crippen LogP contribution in [0.1, 0.15) is 18.4 Å². The molecule has 0 saturated carbocycles. The van der Waals surface area contributed by atoms with E-state index in [1.54, 1.807) is 42.3 Å². The molecule has 0 atom stereocenters. The molecule has 1 fully saturated rings. The third-order valence-corrected chi connectivity index (χ3v) is 4.36. The van der Waals surface area contributed by atoms with Gasteiger partial charge in [0.1, 0.15) is 6.07 Å². The molecule has 2 aromatic rings. The summed E-state index contributed by atoms with van der Waals surface area (Å²) in [7, 11) is 3.61. The van der Waals surface area contributed by atoms with E-state index in [1.165, 1.54) is 0 Å². The Bertz CT molecular complexity index is 767. The summed E-state index contributed by atoms with van der Waals surface area (Å²) in [6.07, 6.45) is 8.45. The van der Waals surface area contributed by atoms with E-state index in [0.717, 1.165) is 37.3 Å². The first kappa shape index (κ1) is 16.0. The Morgan fingerprint density at radius 1 is 1.29 bits per heavy atom. The molecule has 1 saturated heterocycles. The van der Waals surface area contributed by atoms with Crippen LogP contribution in [0.25, 0.3) is 5.69 Å². The van der Waals surface area contributed by atoms with Gasteiger partial charge in [-0.15, -0.1) is 0 Å². The first-order valence-electron chi connectivity index (χ1n) is 7.95. The predicted octanol–water partition coefficient (Wildman–Crippen LogP) is 1.44. The van der Waals surface area contributed by atoms with Crippen LogP contribution in [0.2, 0.25) is 0 Å². The molecule has 0 bridgehead atoms. The molecule has 24 heavy (non-hydrogen) atoms. The molecule has 0 unspecified atom stereocenters. The maximum atomic E-state index is 12.1. The Balaban J connectivity index is 1.79. The number of rotatable bonds is 3. The lowest BCUT2D eigenvalue weighted by atomic mass is 9.95. The van der Waals surface area contributed by atoms with Crippen molar-refractivity contribution in [1.29, 1.82) is 5.26 Å². The summed E-state index contributed by atoms with van der Waals surface area (Å²) < 4.78 is 1.70. The predicted molar refractivity (Wildman–Crippen MR) is 89.7 cm³/mol. The molecule has 7 heteroatoms. The summed E-state index contributed by atoms with van der Waals surface area (Å²) in [6.45, 7) is 1.60. The van der Waals surface area contributed by atoms with Crippen LogP contribution in [0.5, 0.6) is 0 Å². The van der Waals surface area contributed by atoms with E-state index >= 15 is 0 Å². The zero-order chi connectivity index (χ0) is 17.1. The smallest absolute Gasteiger partial charge is 0.225 e. The number of carbonyl (C=O) groups excluding carboxylic acids is 1. The minimum absolute atomic E-state index is 0.0891. The van der Waals surface area contributed by atoms with Crippen LogP contribution in [0.3, 0.4) is 0 Å². The van der Waals surface area contributed by atoms with Crippen LogP contribution in [0, 0.1) is 17.2 Å². The SMILES string of the molecule is CN(C)C(=O)C1CCN(c2cnccc2-n2cc(C#N)cn2)CC1. The van der Waals surface area contributed by atoms with E-state index in [4.69, 9.17) is 5.26 Å². The third kappa shape index (κ3) is 3.08. The molecule has 3 heterocycles. The second kappa shape index (κ2) is 6.71. The fourth-order valence-electron chi connectivity index (χ4n) is 3.06. The summed E-state index contributed by atoms with van der Waals surface area (Å²) >= 11 is 0. The van der Waals surface area contributed by atoms with E-state index in [9.17, 15) is 4.79 Å². The fourth-order valence-corrected chi connectivity index (χ4v) is 3.06. The second-order valence-electron chi connectivity index (χ2n) is 6.14. The monoisotopic (exact) mass is 324 g/mol. The van der Waals surface area contributed by atoms with Gasteiger partial charge in [-0.1, -0.05) is 0 Å². The molecule has 0 spiro atoms. The van der Waals surface area contributed by atoms with E-state index < -0.39 is 0 Å². The minimum Gasteiger partial charge on any atom is -0.368 e. The van der Waals surface area contributed by atoms with Crippen molar-refractivity contribution < 1.29 is 4.79 Å². The van der Waals surface area contributed by atoms with Gasteiger partial charge in [0.2, 0.25) is 5.91 Å². The highest BCUT2D eigenvalue weighted by atomic mass is 16.2. The van der Waals surface area contributed by atoms with Crippen LogP contribution in [0.4, 0.5) is 5.69 Å². The molecule has 1 amide bonds. The normalized spacial score (nSPS) is 15.1. The Morgan fingerprint density at radius 2 is 2.04 bits per heavy atom. The van der Waals surface area contributed by atoms with Crippen LogP contribution in [-0.2, 0) is 4.79 Å². The van der Waals surface area contributed by atoms with Gasteiger partial charge in [0, 0.05) is 45.5 Å². The number of carbonyl (C=O) groups is 1. The molecule has 0 N–H and O–H groups in total. The zero-order valence-electron chi connectivity index (χ0n) is 13.9. The molecular formula is C17H20N6O. The molecule has 3 rings (SSSR count). The summed E-state index contributed by atoms with van der Waals surface area (Å²) in [4.78, 5) is 20.2. The molecule has 7 nitrogen and oxygen atoms in total. The highest BCUT2D eigenvalue weighted by molar-refractivity contribution is 5.78. The van der Waals surface area contributed by atoms with Crippen molar-refractivity contribution in [2.24, 2.45) is 5.92 Å². The Kier molecular flexibility index (Phi) is 4.47. The van der Waals surface area contributed by atoms with Crippen molar-refractivity contribution in [3.63, 3.8) is 0 Å². The van der Waals surface area contributed by atoms with Crippen LogP contribution in [-0.4, -0.2) is 52.8 Å². The second-order valence-corrected chi connectivity index (χ2v) is 6.14. The highest BCUT2D eigenvalue weighted by Gasteiger charge is 2.27. The standard InChI is InChI=1S/C17H20N6O/c1-21(2)17(24)14-4-7-22(8-5-14)16-11-19-6-3-15(16)23-12-13(9-18)10-20-23/h3,6,10-12,14H,4-5,7-8H2,1-2H3. The van der Waals surface area contributed by atoms with Gasteiger partial charge in [-0.2, -0.15) is 10.4 Å². The lowest BCUT2D eigenvalue weighted by molar-refractivity contribution is -0.133. The molecule has 0 radical (unpaired) electrons. The number of hydrogen-bond donors (Lipinski definition) is 0. The maximum Gasteiger partial charge on any atom is 0.225 e. The third-order valence-electron chi connectivity index (χ3n) is 4.36. The van der Waals surface area contributed by atoms with Gasteiger partial charge in [0.15, 0.2) is 0 Å². The number of nitriles is 1. The lowest BCUT2D eigenvalue weighted by Crippen LogP contribution is -2.40. The summed E-state index contributed by atoms with van der Waals surface area (Å²) in [5, 5.41) is 13.2. The number of pyridine rings is 1. The Labute approximate surface area is 141 Å². The molecule has 2 aromatic heterocycles. The van der Waals surface area contributed by atoms with Gasteiger partial charge in [-0.25, -0.2) is 4.68 Å². The zero-order valence-corrected chi connectivity index (χ0v) is 13.9. The van der Waals surface area contributed by atoms with Crippen molar-refractivity contribution in [1.82, 2.24) is 19.7 Å². The first-order valence-corrected chi connectivity index (χ1v) is 7.95. The van der Waals surface area contributed by atoms with Crippen LogP contribution >= 0.6 is 0 Å². The van der Waals surface area contributed by atoms with E-state index in [2.05, 4.69) is 21.1 Å². The van der Waals surface area contributed by atoms with E-state index in [1.807, 2.05) is 12.3 Å². The van der Waals surface area contributed by atoms with Crippen molar-refractivity contribution in [2.45, 2.75) is 12.8 Å². The van der Waals surface area contributed by atoms with Crippen molar-refractivity contribution in [2.75, 3.05) is 32.1 Å². The fraction of sp³-hybridized carbons (Fsp3) is 0.412. The van der Waals surface area contributed by atoms with Gasteiger partial charge in [-0.05, 0) is 18.9 Å². The summed E-state index contributed by atoms with van der Waals surface area (Å²) in [6, 6.07) is 3.98. The Hall–Kier alpha value is -2.88. The number of aromatic nitrogens is 3. The molecule has 1 aliphatic rings. The molecule has 0 aromatic carbocycles. The molecule has 124 valence electrons. The van der Waals surface area contributed by atoms with Gasteiger partial charge in [0.05, 0.1) is 29.3 Å². The highest BCUT2D eigenvalue weighted by Crippen LogP contribution is 2.28. The first-order chi connectivity index (χ1) is 11.6. The number of hydrogen-bond acceptors (Lipinski definition) is 5. The van der Waals surface area contributed by atoms with Crippen molar-refractivity contribution in [3.8, 4) is 11.8 Å². The average molecular weight is 324 g/mol. The number of nitrogens with zero attached hydrogens (tertiary/aromatic N) is 6. The topological polar surface area (TPSA) is 78.0 Å². The number of anilines is 1. The van der Waals surface area contributed by atoms with Crippen LogP contribution in [0.15, 0.2) is 30.9 Å². The molecule has 0 aliphatic carbocycles.